The molecule has 2 rings (SSSR count). The molecule has 0 spiro atoms. The van der Waals surface area contributed by atoms with Crippen LogP contribution in [0.15, 0.2) is 35.2 Å². The summed E-state index contributed by atoms with van der Waals surface area (Å²) in [5, 5.41) is 3.78. The van der Waals surface area contributed by atoms with Gasteiger partial charge in [-0.2, -0.15) is 0 Å². The number of halogens is 1. The molecule has 1 aromatic carbocycles. The number of nitrogens with one attached hydrogen (secondary N) is 1. The van der Waals surface area contributed by atoms with Gasteiger partial charge in [-0.3, -0.25) is 0 Å². The number of anilines is 1. The molecule has 1 N–H and O–H groups in total. The van der Waals surface area contributed by atoms with E-state index in [2.05, 4.69) is 10.3 Å². The van der Waals surface area contributed by atoms with E-state index >= 15 is 0 Å². The van der Waals surface area contributed by atoms with Gasteiger partial charge >= 0.3 is 0 Å². The Hall–Kier alpha value is -1.68. The highest BCUT2D eigenvalue weighted by molar-refractivity contribution is 6.32. The first-order valence-corrected chi connectivity index (χ1v) is 5.71. The van der Waals surface area contributed by atoms with Crippen LogP contribution >= 0.6 is 11.6 Å². The zero-order valence-electron chi connectivity index (χ0n) is 9.44. The van der Waals surface area contributed by atoms with Crippen LogP contribution in [0.3, 0.4) is 0 Å². The van der Waals surface area contributed by atoms with Crippen molar-refractivity contribution in [1.29, 1.82) is 0 Å². The molecule has 5 heteroatoms. The Balaban J connectivity index is 2.00. The summed E-state index contributed by atoms with van der Waals surface area (Å²) in [6.07, 6.45) is 3.07. The number of aromatic nitrogens is 1. The lowest BCUT2D eigenvalue weighted by Crippen LogP contribution is -1.99. The van der Waals surface area contributed by atoms with Gasteiger partial charge in [0.15, 0.2) is 6.39 Å². The second-order valence-electron chi connectivity index (χ2n) is 3.40. The number of nitrogens with zero attached hydrogens (tertiary/aromatic N) is 1. The van der Waals surface area contributed by atoms with E-state index in [9.17, 15) is 0 Å². The molecular weight excluding hydrogens is 240 g/mol. The van der Waals surface area contributed by atoms with Crippen molar-refractivity contribution in [1.82, 2.24) is 4.98 Å². The largest absolute Gasteiger partial charge is 0.492 e. The van der Waals surface area contributed by atoms with Crippen molar-refractivity contribution in [2.75, 3.05) is 11.9 Å². The predicted molar refractivity (Wildman–Crippen MR) is 66.5 cm³/mol. The summed E-state index contributed by atoms with van der Waals surface area (Å²) in [7, 11) is 0. The molecule has 0 fully saturated rings. The topological polar surface area (TPSA) is 47.3 Å². The Labute approximate surface area is 105 Å². The van der Waals surface area contributed by atoms with Crippen LogP contribution < -0.4 is 10.1 Å². The van der Waals surface area contributed by atoms with Crippen LogP contribution in [0.4, 0.5) is 5.69 Å². The van der Waals surface area contributed by atoms with Crippen molar-refractivity contribution in [3.63, 3.8) is 0 Å². The normalized spacial score (nSPS) is 10.2. The fraction of sp³-hybridized carbons (Fsp3) is 0.250. The SMILES string of the molecule is CCOc1ccc(NCc2cnco2)cc1Cl. The van der Waals surface area contributed by atoms with Crippen LogP contribution in [0.25, 0.3) is 0 Å². The number of hydrogen-bond donors (Lipinski definition) is 1. The molecule has 0 amide bonds. The van der Waals surface area contributed by atoms with Gasteiger partial charge in [0.05, 0.1) is 24.4 Å². The highest BCUT2D eigenvalue weighted by Gasteiger charge is 2.03. The Bertz CT molecular complexity index is 471. The van der Waals surface area contributed by atoms with E-state index in [1.807, 2.05) is 25.1 Å². The van der Waals surface area contributed by atoms with Crippen molar-refractivity contribution in [2.45, 2.75) is 13.5 Å². The Kier molecular flexibility index (Phi) is 3.88. The first-order valence-electron chi connectivity index (χ1n) is 5.33. The number of ether oxygens (including phenoxy) is 1. The molecule has 0 unspecified atom stereocenters. The maximum atomic E-state index is 6.07. The minimum Gasteiger partial charge on any atom is -0.492 e. The van der Waals surface area contributed by atoms with Gasteiger partial charge in [0, 0.05) is 5.69 Å². The van der Waals surface area contributed by atoms with Crippen molar-refractivity contribution in [2.24, 2.45) is 0 Å². The molecule has 0 aliphatic heterocycles. The zero-order valence-corrected chi connectivity index (χ0v) is 10.2. The monoisotopic (exact) mass is 252 g/mol. The van der Waals surface area contributed by atoms with Crippen molar-refractivity contribution < 1.29 is 9.15 Å². The summed E-state index contributed by atoms with van der Waals surface area (Å²) in [5.74, 6) is 1.47. The summed E-state index contributed by atoms with van der Waals surface area (Å²) in [5.41, 5.74) is 0.912. The van der Waals surface area contributed by atoms with Crippen LogP contribution in [0, 0.1) is 0 Å². The molecule has 17 heavy (non-hydrogen) atoms. The van der Waals surface area contributed by atoms with Crippen LogP contribution in [0.5, 0.6) is 5.75 Å². The minimum absolute atomic E-state index is 0.574. The van der Waals surface area contributed by atoms with E-state index in [1.165, 1.54) is 6.39 Å². The van der Waals surface area contributed by atoms with E-state index in [1.54, 1.807) is 6.20 Å². The van der Waals surface area contributed by atoms with Crippen LogP contribution in [-0.2, 0) is 6.54 Å². The molecule has 0 atom stereocenters. The minimum atomic E-state index is 0.574. The van der Waals surface area contributed by atoms with Crippen LogP contribution in [-0.4, -0.2) is 11.6 Å². The molecule has 0 saturated heterocycles. The van der Waals surface area contributed by atoms with Crippen LogP contribution in [0.1, 0.15) is 12.7 Å². The molecule has 1 aromatic heterocycles. The standard InChI is InChI=1S/C12H13ClN2O2/c1-2-16-12-4-3-9(5-11(12)13)15-7-10-6-14-8-17-10/h3-6,8,15H,2,7H2,1H3. The maximum Gasteiger partial charge on any atom is 0.180 e. The van der Waals surface area contributed by atoms with E-state index in [0.29, 0.717) is 23.9 Å². The molecule has 0 saturated carbocycles. The fourth-order valence-electron chi connectivity index (χ4n) is 1.40. The summed E-state index contributed by atoms with van der Waals surface area (Å²) >= 11 is 6.07. The van der Waals surface area contributed by atoms with E-state index in [0.717, 1.165) is 11.4 Å². The number of benzene rings is 1. The van der Waals surface area contributed by atoms with Gasteiger partial charge in [-0.25, -0.2) is 4.98 Å². The molecule has 90 valence electrons. The maximum absolute atomic E-state index is 6.07. The fourth-order valence-corrected chi connectivity index (χ4v) is 1.64. The Morgan fingerprint density at radius 2 is 2.35 bits per heavy atom. The lowest BCUT2D eigenvalue weighted by atomic mass is 10.3. The highest BCUT2D eigenvalue weighted by atomic mass is 35.5. The summed E-state index contributed by atoms with van der Waals surface area (Å²) in [4.78, 5) is 3.84. The second-order valence-corrected chi connectivity index (χ2v) is 3.81. The van der Waals surface area contributed by atoms with E-state index < -0.39 is 0 Å². The lowest BCUT2D eigenvalue weighted by Gasteiger charge is -2.08. The molecule has 0 aliphatic carbocycles. The van der Waals surface area contributed by atoms with Gasteiger partial charge < -0.3 is 14.5 Å². The Morgan fingerprint density at radius 1 is 1.47 bits per heavy atom. The third-order valence-corrected chi connectivity index (χ3v) is 2.48. The van der Waals surface area contributed by atoms with Crippen molar-refractivity contribution in [3.05, 3.63) is 41.6 Å². The average Bonchev–Trinajstić information content (AvgIpc) is 2.83. The van der Waals surface area contributed by atoms with E-state index in [-0.39, 0.29) is 0 Å². The van der Waals surface area contributed by atoms with Crippen molar-refractivity contribution >= 4 is 17.3 Å². The molecule has 0 aliphatic rings. The Morgan fingerprint density at radius 3 is 3.00 bits per heavy atom. The number of oxazole rings is 1. The van der Waals surface area contributed by atoms with Gasteiger partial charge in [0.2, 0.25) is 0 Å². The molecule has 0 bridgehead atoms. The molecule has 1 heterocycles. The van der Waals surface area contributed by atoms with Gasteiger partial charge in [0.25, 0.3) is 0 Å². The number of hydrogen-bond acceptors (Lipinski definition) is 4. The summed E-state index contributed by atoms with van der Waals surface area (Å²) in [6.45, 7) is 3.10. The third kappa shape index (κ3) is 3.14. The summed E-state index contributed by atoms with van der Waals surface area (Å²) < 4.78 is 10.5. The zero-order chi connectivity index (χ0) is 12.1. The highest BCUT2D eigenvalue weighted by Crippen LogP contribution is 2.27. The molecular formula is C12H13ClN2O2. The quantitative estimate of drug-likeness (QED) is 0.887. The summed E-state index contributed by atoms with van der Waals surface area (Å²) in [6, 6.07) is 5.57. The van der Waals surface area contributed by atoms with E-state index in [4.69, 9.17) is 20.8 Å². The van der Waals surface area contributed by atoms with Gasteiger partial charge in [-0.05, 0) is 25.1 Å². The van der Waals surface area contributed by atoms with Gasteiger partial charge in [0.1, 0.15) is 11.5 Å². The first kappa shape index (κ1) is 11.8. The third-order valence-electron chi connectivity index (χ3n) is 2.18. The van der Waals surface area contributed by atoms with Crippen molar-refractivity contribution in [3.8, 4) is 5.75 Å². The number of rotatable bonds is 5. The molecule has 4 nitrogen and oxygen atoms in total. The lowest BCUT2D eigenvalue weighted by molar-refractivity contribution is 0.340. The first-order chi connectivity index (χ1) is 8.29. The van der Waals surface area contributed by atoms with Gasteiger partial charge in [-0.1, -0.05) is 11.6 Å². The van der Waals surface area contributed by atoms with Crippen LogP contribution in [0.2, 0.25) is 5.02 Å². The predicted octanol–water partition coefficient (Wildman–Crippen LogP) is 3.34. The second kappa shape index (κ2) is 5.59. The smallest absolute Gasteiger partial charge is 0.180 e. The average molecular weight is 253 g/mol. The molecule has 2 aromatic rings. The van der Waals surface area contributed by atoms with Gasteiger partial charge in [-0.15, -0.1) is 0 Å². The molecule has 0 radical (unpaired) electrons.